The van der Waals surface area contributed by atoms with Crippen molar-refractivity contribution in [2.75, 3.05) is 6.54 Å². The molecule has 0 saturated heterocycles. The van der Waals surface area contributed by atoms with Gasteiger partial charge in [0.15, 0.2) is 0 Å². The van der Waals surface area contributed by atoms with E-state index in [9.17, 15) is 14.0 Å². The highest BCUT2D eigenvalue weighted by Gasteiger charge is 2.14. The highest BCUT2D eigenvalue weighted by Crippen LogP contribution is 2.25. The maximum atomic E-state index is 14.1. The van der Waals surface area contributed by atoms with Crippen molar-refractivity contribution in [2.45, 2.75) is 26.4 Å². The molecule has 1 heterocycles. The Bertz CT molecular complexity index is 1030. The standard InChI is InChI=1S/C23H24FN3O3/c1-3-21-20(14-27(2)26-21)17-11-18(13-19(24)12-17)23(29)25-10-9-22(28)30-15-16-7-5-4-6-8-16/h4-8,11-14H,3,9-10,15H2,1-2H3,(H,25,29). The summed E-state index contributed by atoms with van der Waals surface area (Å²) in [4.78, 5) is 24.3. The van der Waals surface area contributed by atoms with Gasteiger partial charge in [0.2, 0.25) is 0 Å². The van der Waals surface area contributed by atoms with Crippen molar-refractivity contribution >= 4 is 11.9 Å². The molecule has 7 heteroatoms. The fraction of sp³-hybridized carbons (Fsp3) is 0.261. The largest absolute Gasteiger partial charge is 0.461 e. The second kappa shape index (κ2) is 9.82. The molecule has 1 amide bonds. The molecule has 0 saturated carbocycles. The van der Waals surface area contributed by atoms with Gasteiger partial charge < -0.3 is 10.1 Å². The first kappa shape index (κ1) is 21.2. The molecule has 3 aromatic rings. The molecule has 156 valence electrons. The van der Waals surface area contributed by atoms with E-state index in [4.69, 9.17) is 4.74 Å². The number of nitrogens with one attached hydrogen (secondary N) is 1. The van der Waals surface area contributed by atoms with Crippen LogP contribution in [0.4, 0.5) is 4.39 Å². The molecular weight excluding hydrogens is 385 g/mol. The van der Waals surface area contributed by atoms with E-state index in [0.29, 0.717) is 12.0 Å². The number of hydrogen-bond donors (Lipinski definition) is 1. The molecule has 0 aliphatic heterocycles. The van der Waals surface area contributed by atoms with Gasteiger partial charge in [0.25, 0.3) is 5.91 Å². The van der Waals surface area contributed by atoms with Crippen molar-refractivity contribution < 1.29 is 18.7 Å². The van der Waals surface area contributed by atoms with Gasteiger partial charge in [-0.1, -0.05) is 37.3 Å². The van der Waals surface area contributed by atoms with Gasteiger partial charge in [0.1, 0.15) is 12.4 Å². The molecular formula is C23H24FN3O3. The lowest BCUT2D eigenvalue weighted by atomic mass is 10.0. The van der Waals surface area contributed by atoms with Gasteiger partial charge in [-0.15, -0.1) is 0 Å². The number of hydrogen-bond acceptors (Lipinski definition) is 4. The Kier molecular flexibility index (Phi) is 6.95. The number of halogens is 1. The van der Waals surface area contributed by atoms with Crippen LogP contribution in [0.1, 0.15) is 35.0 Å². The van der Waals surface area contributed by atoms with E-state index in [0.717, 1.165) is 16.8 Å². The molecule has 0 radical (unpaired) electrons. The fourth-order valence-corrected chi connectivity index (χ4v) is 3.10. The quantitative estimate of drug-likeness (QED) is 0.577. The number of rotatable bonds is 8. The lowest BCUT2D eigenvalue weighted by molar-refractivity contribution is -0.144. The molecule has 0 bridgehead atoms. The number of ether oxygens (including phenoxy) is 1. The summed E-state index contributed by atoms with van der Waals surface area (Å²) >= 11 is 0. The SMILES string of the molecule is CCc1nn(C)cc1-c1cc(F)cc(C(=O)NCCC(=O)OCc2ccccc2)c1. The van der Waals surface area contributed by atoms with Crippen molar-refractivity contribution in [1.82, 2.24) is 15.1 Å². The summed E-state index contributed by atoms with van der Waals surface area (Å²) in [5.74, 6) is -1.37. The molecule has 2 aromatic carbocycles. The average molecular weight is 409 g/mol. The highest BCUT2D eigenvalue weighted by atomic mass is 19.1. The minimum absolute atomic E-state index is 0.0311. The lowest BCUT2D eigenvalue weighted by Crippen LogP contribution is -2.26. The lowest BCUT2D eigenvalue weighted by Gasteiger charge is -2.08. The number of amides is 1. The van der Waals surface area contributed by atoms with Gasteiger partial charge in [-0.3, -0.25) is 14.3 Å². The second-order valence-corrected chi connectivity index (χ2v) is 6.90. The number of carbonyl (C=O) groups excluding carboxylic acids is 2. The zero-order chi connectivity index (χ0) is 21.5. The average Bonchev–Trinajstić information content (AvgIpc) is 3.13. The number of benzene rings is 2. The zero-order valence-corrected chi connectivity index (χ0v) is 17.0. The molecule has 3 rings (SSSR count). The Morgan fingerprint density at radius 2 is 1.93 bits per heavy atom. The van der Waals surface area contributed by atoms with Crippen LogP contribution in [0, 0.1) is 5.82 Å². The predicted molar refractivity (Wildman–Crippen MR) is 111 cm³/mol. The van der Waals surface area contributed by atoms with Gasteiger partial charge >= 0.3 is 5.97 Å². The summed E-state index contributed by atoms with van der Waals surface area (Å²) in [7, 11) is 1.80. The normalized spacial score (nSPS) is 10.6. The van der Waals surface area contributed by atoms with Crippen molar-refractivity contribution in [3.63, 3.8) is 0 Å². The molecule has 0 unspecified atom stereocenters. The molecule has 1 aromatic heterocycles. The van der Waals surface area contributed by atoms with Gasteiger partial charge in [-0.05, 0) is 35.7 Å². The van der Waals surface area contributed by atoms with Crippen LogP contribution in [0.2, 0.25) is 0 Å². The molecule has 0 aliphatic rings. The minimum atomic E-state index is -0.508. The Morgan fingerprint density at radius 3 is 2.67 bits per heavy atom. The van der Waals surface area contributed by atoms with Crippen molar-refractivity contribution in [1.29, 1.82) is 0 Å². The Balaban J connectivity index is 1.57. The second-order valence-electron chi connectivity index (χ2n) is 6.90. The van der Waals surface area contributed by atoms with Crippen LogP contribution in [0.3, 0.4) is 0 Å². The molecule has 0 aliphatic carbocycles. The van der Waals surface area contributed by atoms with E-state index >= 15 is 0 Å². The molecule has 0 fully saturated rings. The van der Waals surface area contributed by atoms with Gasteiger partial charge in [-0.25, -0.2) is 4.39 Å². The summed E-state index contributed by atoms with van der Waals surface area (Å²) in [6.45, 7) is 2.26. The van der Waals surface area contributed by atoms with E-state index in [1.165, 1.54) is 12.1 Å². The Labute approximate surface area is 174 Å². The summed E-state index contributed by atoms with van der Waals surface area (Å²) in [5.41, 5.74) is 3.29. The van der Waals surface area contributed by atoms with Gasteiger partial charge in [0, 0.05) is 30.9 Å². The van der Waals surface area contributed by atoms with Crippen LogP contribution in [0.25, 0.3) is 11.1 Å². The first-order valence-electron chi connectivity index (χ1n) is 9.77. The number of carbonyl (C=O) groups is 2. The van der Waals surface area contributed by atoms with Crippen LogP contribution in [-0.4, -0.2) is 28.2 Å². The third-order valence-corrected chi connectivity index (χ3v) is 4.57. The topological polar surface area (TPSA) is 73.2 Å². The van der Waals surface area contributed by atoms with Crippen LogP contribution in [-0.2, 0) is 29.6 Å². The third kappa shape index (κ3) is 5.53. The van der Waals surface area contributed by atoms with Crippen LogP contribution < -0.4 is 5.32 Å². The Hall–Kier alpha value is -3.48. The molecule has 6 nitrogen and oxygen atoms in total. The first-order chi connectivity index (χ1) is 14.5. The maximum Gasteiger partial charge on any atom is 0.307 e. The van der Waals surface area contributed by atoms with Crippen molar-refractivity contribution in [3.05, 3.63) is 77.4 Å². The molecule has 1 N–H and O–H groups in total. The predicted octanol–water partition coefficient (Wildman–Crippen LogP) is 3.65. The zero-order valence-electron chi connectivity index (χ0n) is 17.0. The van der Waals surface area contributed by atoms with Crippen molar-refractivity contribution in [3.8, 4) is 11.1 Å². The molecule has 30 heavy (non-hydrogen) atoms. The van der Waals surface area contributed by atoms with Gasteiger partial charge in [0.05, 0.1) is 12.1 Å². The fourth-order valence-electron chi connectivity index (χ4n) is 3.10. The van der Waals surface area contributed by atoms with Crippen molar-refractivity contribution in [2.24, 2.45) is 7.05 Å². The van der Waals surface area contributed by atoms with E-state index in [-0.39, 0.29) is 25.1 Å². The van der Waals surface area contributed by atoms with E-state index < -0.39 is 17.7 Å². The van der Waals surface area contributed by atoms with E-state index in [1.54, 1.807) is 24.0 Å². The first-order valence-corrected chi connectivity index (χ1v) is 9.77. The van der Waals surface area contributed by atoms with E-state index in [1.807, 2.05) is 37.3 Å². The summed E-state index contributed by atoms with van der Waals surface area (Å²) in [6.07, 6.45) is 2.53. The minimum Gasteiger partial charge on any atom is -0.461 e. The monoisotopic (exact) mass is 409 g/mol. The third-order valence-electron chi connectivity index (χ3n) is 4.57. The summed E-state index contributed by atoms with van der Waals surface area (Å²) in [5, 5.41) is 7.00. The number of nitrogens with zero attached hydrogens (tertiary/aromatic N) is 2. The summed E-state index contributed by atoms with van der Waals surface area (Å²) in [6, 6.07) is 13.5. The van der Waals surface area contributed by atoms with E-state index in [2.05, 4.69) is 10.4 Å². The highest BCUT2D eigenvalue weighted by molar-refractivity contribution is 5.95. The summed E-state index contributed by atoms with van der Waals surface area (Å²) < 4.78 is 21.0. The Morgan fingerprint density at radius 1 is 1.17 bits per heavy atom. The molecule has 0 atom stereocenters. The molecule has 0 spiro atoms. The number of aromatic nitrogens is 2. The maximum absolute atomic E-state index is 14.1. The van der Waals surface area contributed by atoms with Crippen LogP contribution >= 0.6 is 0 Å². The van der Waals surface area contributed by atoms with Gasteiger partial charge in [-0.2, -0.15) is 5.10 Å². The number of aryl methyl sites for hydroxylation is 2. The van der Waals surface area contributed by atoms with Crippen LogP contribution in [0.5, 0.6) is 0 Å². The number of esters is 1. The smallest absolute Gasteiger partial charge is 0.307 e. The van der Waals surface area contributed by atoms with Crippen LogP contribution in [0.15, 0.2) is 54.7 Å².